The zero-order chi connectivity index (χ0) is 11.3. The number of rotatable bonds is 4. The summed E-state index contributed by atoms with van der Waals surface area (Å²) in [6, 6.07) is 6.74. The number of methoxy groups -OCH3 is 1. The van der Waals surface area contributed by atoms with Crippen molar-refractivity contribution in [2.24, 2.45) is 0 Å². The second-order valence-corrected chi connectivity index (χ2v) is 3.07. The summed E-state index contributed by atoms with van der Waals surface area (Å²) < 4.78 is 4.97. The highest BCUT2D eigenvalue weighted by molar-refractivity contribution is 5.81. The van der Waals surface area contributed by atoms with E-state index in [1.807, 2.05) is 0 Å². The molecule has 0 bridgehead atoms. The number of nitrogens with one attached hydrogen (secondary N) is 1. The summed E-state index contributed by atoms with van der Waals surface area (Å²) in [5.41, 5.74) is 0.557. The van der Waals surface area contributed by atoms with Crippen LogP contribution in [0, 0.1) is 0 Å². The molecule has 0 heterocycles. The predicted octanol–water partition coefficient (Wildman–Crippen LogP) is 0.865. The first kappa shape index (κ1) is 11.5. The second kappa shape index (κ2) is 5.36. The minimum Gasteiger partial charge on any atom is -0.497 e. The van der Waals surface area contributed by atoms with Crippen molar-refractivity contribution in [1.82, 2.24) is 5.32 Å². The van der Waals surface area contributed by atoms with Crippen LogP contribution < -0.4 is 10.1 Å². The SMILES string of the molecule is CCNC(=O)C(O)c1ccc(OC)cc1. The van der Waals surface area contributed by atoms with Crippen LogP contribution in [0.25, 0.3) is 0 Å². The minimum absolute atomic E-state index is 0.386. The highest BCUT2D eigenvalue weighted by Crippen LogP contribution is 2.17. The fraction of sp³-hybridized carbons (Fsp3) is 0.364. The summed E-state index contributed by atoms with van der Waals surface area (Å²) in [6.07, 6.45) is -1.11. The monoisotopic (exact) mass is 209 g/mol. The maximum atomic E-state index is 11.3. The van der Waals surface area contributed by atoms with Crippen LogP contribution in [-0.2, 0) is 4.79 Å². The maximum Gasteiger partial charge on any atom is 0.253 e. The number of carbonyl (C=O) groups excluding carboxylic acids is 1. The molecule has 82 valence electrons. The molecule has 1 atom stereocenters. The van der Waals surface area contributed by atoms with Crippen molar-refractivity contribution in [1.29, 1.82) is 0 Å². The molecule has 0 aliphatic heterocycles. The van der Waals surface area contributed by atoms with E-state index in [9.17, 15) is 9.90 Å². The summed E-state index contributed by atoms with van der Waals surface area (Å²) in [6.45, 7) is 2.31. The topological polar surface area (TPSA) is 58.6 Å². The summed E-state index contributed by atoms with van der Waals surface area (Å²) in [4.78, 5) is 11.3. The van der Waals surface area contributed by atoms with Gasteiger partial charge in [-0.3, -0.25) is 4.79 Å². The molecule has 2 N–H and O–H groups in total. The van der Waals surface area contributed by atoms with Crippen LogP contribution in [0.4, 0.5) is 0 Å². The van der Waals surface area contributed by atoms with Gasteiger partial charge in [-0.05, 0) is 24.6 Å². The molecule has 1 amide bonds. The standard InChI is InChI=1S/C11H15NO3/c1-3-12-11(14)10(13)8-4-6-9(15-2)7-5-8/h4-7,10,13H,3H2,1-2H3,(H,12,14). The number of likely N-dealkylation sites (N-methyl/N-ethyl adjacent to an activating group) is 1. The van der Waals surface area contributed by atoms with Gasteiger partial charge in [-0.2, -0.15) is 0 Å². The molecule has 4 nitrogen and oxygen atoms in total. The number of hydrogen-bond donors (Lipinski definition) is 2. The van der Waals surface area contributed by atoms with Crippen molar-refractivity contribution in [3.8, 4) is 5.75 Å². The van der Waals surface area contributed by atoms with Crippen LogP contribution in [0.5, 0.6) is 5.75 Å². The van der Waals surface area contributed by atoms with E-state index < -0.39 is 6.10 Å². The molecular formula is C11H15NO3. The van der Waals surface area contributed by atoms with Gasteiger partial charge in [0.2, 0.25) is 0 Å². The van der Waals surface area contributed by atoms with Gasteiger partial charge in [0, 0.05) is 6.54 Å². The molecule has 4 heteroatoms. The number of aliphatic hydroxyl groups excluding tert-OH is 1. The van der Waals surface area contributed by atoms with Crippen molar-refractivity contribution in [3.63, 3.8) is 0 Å². The predicted molar refractivity (Wildman–Crippen MR) is 56.6 cm³/mol. The minimum atomic E-state index is -1.11. The Morgan fingerprint density at radius 3 is 2.53 bits per heavy atom. The van der Waals surface area contributed by atoms with Gasteiger partial charge in [-0.15, -0.1) is 0 Å². The van der Waals surface area contributed by atoms with Crippen molar-refractivity contribution in [3.05, 3.63) is 29.8 Å². The third-order valence-corrected chi connectivity index (χ3v) is 2.03. The Morgan fingerprint density at radius 2 is 2.07 bits per heavy atom. The average Bonchev–Trinajstić information content (AvgIpc) is 2.28. The summed E-state index contributed by atoms with van der Waals surface area (Å²) in [5.74, 6) is 0.310. The van der Waals surface area contributed by atoms with Gasteiger partial charge in [0.15, 0.2) is 6.10 Å². The van der Waals surface area contributed by atoms with E-state index in [2.05, 4.69) is 5.32 Å². The molecule has 0 saturated carbocycles. The first-order chi connectivity index (χ1) is 7.19. The average molecular weight is 209 g/mol. The van der Waals surface area contributed by atoms with E-state index in [1.54, 1.807) is 38.3 Å². The van der Waals surface area contributed by atoms with Gasteiger partial charge >= 0.3 is 0 Å². The normalized spacial score (nSPS) is 11.9. The molecule has 1 aromatic carbocycles. The molecule has 0 saturated heterocycles. The smallest absolute Gasteiger partial charge is 0.253 e. The first-order valence-electron chi connectivity index (χ1n) is 4.78. The zero-order valence-electron chi connectivity index (χ0n) is 8.86. The number of benzene rings is 1. The van der Waals surface area contributed by atoms with E-state index in [-0.39, 0.29) is 5.91 Å². The molecule has 0 fully saturated rings. The third kappa shape index (κ3) is 2.95. The van der Waals surface area contributed by atoms with Crippen molar-refractivity contribution in [2.45, 2.75) is 13.0 Å². The Balaban J connectivity index is 2.73. The Hall–Kier alpha value is -1.55. The summed E-state index contributed by atoms with van der Waals surface area (Å²) >= 11 is 0. The quantitative estimate of drug-likeness (QED) is 0.773. The second-order valence-electron chi connectivity index (χ2n) is 3.07. The fourth-order valence-electron chi connectivity index (χ4n) is 1.21. The molecule has 0 radical (unpaired) electrons. The third-order valence-electron chi connectivity index (χ3n) is 2.03. The Labute approximate surface area is 88.9 Å². The molecule has 15 heavy (non-hydrogen) atoms. The van der Waals surface area contributed by atoms with Crippen LogP contribution in [0.3, 0.4) is 0 Å². The highest BCUT2D eigenvalue weighted by atomic mass is 16.5. The van der Waals surface area contributed by atoms with Crippen LogP contribution in [0.15, 0.2) is 24.3 Å². The number of aliphatic hydroxyl groups is 1. The van der Waals surface area contributed by atoms with E-state index >= 15 is 0 Å². The largest absolute Gasteiger partial charge is 0.497 e. The lowest BCUT2D eigenvalue weighted by Crippen LogP contribution is -2.28. The molecule has 1 unspecified atom stereocenters. The van der Waals surface area contributed by atoms with Gasteiger partial charge in [0.05, 0.1) is 7.11 Å². The van der Waals surface area contributed by atoms with Crippen LogP contribution in [0.2, 0.25) is 0 Å². The zero-order valence-corrected chi connectivity index (χ0v) is 8.86. The van der Waals surface area contributed by atoms with Crippen LogP contribution in [0.1, 0.15) is 18.6 Å². The van der Waals surface area contributed by atoms with Crippen LogP contribution >= 0.6 is 0 Å². The summed E-state index contributed by atoms with van der Waals surface area (Å²) in [7, 11) is 1.56. The van der Waals surface area contributed by atoms with E-state index in [0.29, 0.717) is 17.9 Å². The molecule has 0 aliphatic rings. The lowest BCUT2D eigenvalue weighted by atomic mass is 10.1. The fourth-order valence-corrected chi connectivity index (χ4v) is 1.21. The Kier molecular flexibility index (Phi) is 4.12. The number of ether oxygens (including phenoxy) is 1. The molecular weight excluding hydrogens is 194 g/mol. The van der Waals surface area contributed by atoms with Crippen molar-refractivity contribution >= 4 is 5.91 Å². The number of hydrogen-bond acceptors (Lipinski definition) is 3. The summed E-state index contributed by atoms with van der Waals surface area (Å²) in [5, 5.41) is 12.2. The Morgan fingerprint density at radius 1 is 1.47 bits per heavy atom. The first-order valence-corrected chi connectivity index (χ1v) is 4.78. The van der Waals surface area contributed by atoms with E-state index in [4.69, 9.17) is 4.74 Å². The van der Waals surface area contributed by atoms with E-state index in [0.717, 1.165) is 0 Å². The highest BCUT2D eigenvalue weighted by Gasteiger charge is 2.15. The van der Waals surface area contributed by atoms with Gasteiger partial charge in [0.25, 0.3) is 5.91 Å². The van der Waals surface area contributed by atoms with Gasteiger partial charge in [-0.1, -0.05) is 12.1 Å². The van der Waals surface area contributed by atoms with Crippen molar-refractivity contribution in [2.75, 3.05) is 13.7 Å². The lowest BCUT2D eigenvalue weighted by molar-refractivity contribution is -0.129. The molecule has 1 aromatic rings. The molecule has 0 aromatic heterocycles. The van der Waals surface area contributed by atoms with Crippen LogP contribution in [-0.4, -0.2) is 24.7 Å². The maximum absolute atomic E-state index is 11.3. The molecule has 0 spiro atoms. The number of carbonyl (C=O) groups is 1. The number of amides is 1. The van der Waals surface area contributed by atoms with Crippen molar-refractivity contribution < 1.29 is 14.6 Å². The molecule has 0 aliphatic carbocycles. The Bertz CT molecular complexity index is 321. The lowest BCUT2D eigenvalue weighted by Gasteiger charge is -2.10. The van der Waals surface area contributed by atoms with Gasteiger partial charge in [-0.25, -0.2) is 0 Å². The van der Waals surface area contributed by atoms with E-state index in [1.165, 1.54) is 0 Å². The van der Waals surface area contributed by atoms with Gasteiger partial charge in [0.1, 0.15) is 5.75 Å². The van der Waals surface area contributed by atoms with Gasteiger partial charge < -0.3 is 15.2 Å². The molecule has 1 rings (SSSR count).